The van der Waals surface area contributed by atoms with Gasteiger partial charge in [0, 0.05) is 25.0 Å². The smallest absolute Gasteiger partial charge is 0.319 e. The molecule has 13 heteroatoms. The molecule has 5 rings (SSSR count). The molecular formula is C22H24N6O6S. The predicted octanol–water partition coefficient (Wildman–Crippen LogP) is 2.81. The molecule has 1 atom stereocenters. The van der Waals surface area contributed by atoms with Crippen LogP contribution in [0.2, 0.25) is 0 Å². The Hall–Kier alpha value is -3.41. The summed E-state index contributed by atoms with van der Waals surface area (Å²) in [6.07, 6.45) is 3.15. The van der Waals surface area contributed by atoms with Crippen molar-refractivity contribution in [3.05, 3.63) is 46.4 Å². The number of carbonyl (C=O) groups is 1. The normalized spacial score (nSPS) is 22.4. The number of hydrogen-bond acceptors (Lipinski definition) is 9. The summed E-state index contributed by atoms with van der Waals surface area (Å²) in [5.74, 6) is -0.873. The van der Waals surface area contributed by atoms with Gasteiger partial charge in [-0.2, -0.15) is 14.7 Å². The first-order valence-corrected chi connectivity index (χ1v) is 12.5. The number of rotatable bonds is 6. The summed E-state index contributed by atoms with van der Waals surface area (Å²) < 4.78 is 29.6. The Kier molecular flexibility index (Phi) is 5.78. The molecule has 5 N–H and O–H groups in total. The number of anilines is 2. The number of ether oxygens (including phenoxy) is 1. The van der Waals surface area contributed by atoms with Gasteiger partial charge in [-0.1, -0.05) is 0 Å². The molecule has 0 radical (unpaired) electrons. The lowest BCUT2D eigenvalue weighted by Gasteiger charge is -2.36. The van der Waals surface area contributed by atoms with Crippen LogP contribution in [0.15, 0.2) is 40.2 Å². The number of benzene rings is 1. The van der Waals surface area contributed by atoms with E-state index in [4.69, 9.17) is 14.9 Å². The molecule has 3 aromatic rings. The first kappa shape index (κ1) is 23.3. The second kappa shape index (κ2) is 8.67. The highest BCUT2D eigenvalue weighted by Crippen LogP contribution is 2.58. The van der Waals surface area contributed by atoms with E-state index in [1.165, 1.54) is 12.3 Å². The number of aliphatic carboxylic acids is 1. The Labute approximate surface area is 201 Å². The fourth-order valence-electron chi connectivity index (χ4n) is 4.79. The highest BCUT2D eigenvalue weighted by molar-refractivity contribution is 8.22. The molecule has 184 valence electrons. The summed E-state index contributed by atoms with van der Waals surface area (Å²) in [4.78, 5) is 26.9. The summed E-state index contributed by atoms with van der Waals surface area (Å²) in [5, 5.41) is 26.8. The van der Waals surface area contributed by atoms with Gasteiger partial charge < -0.3 is 20.1 Å². The van der Waals surface area contributed by atoms with Crippen LogP contribution >= 0.6 is 10.8 Å². The Morgan fingerprint density at radius 2 is 2.20 bits per heavy atom. The molecule has 2 aliphatic heterocycles. The first-order chi connectivity index (χ1) is 16.7. The van der Waals surface area contributed by atoms with Crippen LogP contribution in [-0.2, 0) is 21.6 Å². The maximum Gasteiger partial charge on any atom is 0.319 e. The monoisotopic (exact) mass is 500 g/mol. The molecule has 35 heavy (non-hydrogen) atoms. The lowest BCUT2D eigenvalue weighted by Crippen LogP contribution is -2.42. The van der Waals surface area contributed by atoms with Crippen molar-refractivity contribution in [1.82, 2.24) is 19.1 Å². The number of pyridine rings is 1. The van der Waals surface area contributed by atoms with Crippen molar-refractivity contribution in [1.29, 1.82) is 5.26 Å². The second-order valence-electron chi connectivity index (χ2n) is 8.70. The Morgan fingerprint density at radius 1 is 1.37 bits per heavy atom. The van der Waals surface area contributed by atoms with Crippen molar-refractivity contribution >= 4 is 39.2 Å². The quantitative estimate of drug-likeness (QED) is 0.338. The molecule has 2 aliphatic rings. The maximum absolute atomic E-state index is 12.8. The van der Waals surface area contributed by atoms with Crippen LogP contribution in [0.1, 0.15) is 24.8 Å². The minimum Gasteiger partial charge on any atom is -0.480 e. The average molecular weight is 501 g/mol. The molecule has 1 saturated heterocycles. The number of nitrogens with zero attached hydrogens (tertiary/aromatic N) is 4. The maximum atomic E-state index is 12.8. The number of hydrogen-bond donors (Lipinski definition) is 5. The molecular weight excluding hydrogens is 476 g/mol. The van der Waals surface area contributed by atoms with E-state index in [0.29, 0.717) is 41.8 Å². The van der Waals surface area contributed by atoms with Gasteiger partial charge in [0.05, 0.1) is 35.0 Å². The van der Waals surface area contributed by atoms with Crippen LogP contribution in [0.5, 0.6) is 0 Å². The summed E-state index contributed by atoms with van der Waals surface area (Å²) in [5.41, 5.74) is 0.629. The Bertz CT molecular complexity index is 1400. The van der Waals surface area contributed by atoms with Crippen molar-refractivity contribution in [2.75, 3.05) is 25.1 Å². The number of aromatic amines is 1. The fraction of sp³-hybridized carbons (Fsp3) is 0.364. The second-order valence-corrected chi connectivity index (χ2v) is 10.7. The van der Waals surface area contributed by atoms with Crippen LogP contribution in [0.4, 0.5) is 11.5 Å². The molecule has 1 unspecified atom stereocenters. The lowest BCUT2D eigenvalue weighted by atomic mass is 9.89. The molecule has 0 spiro atoms. The van der Waals surface area contributed by atoms with E-state index < -0.39 is 28.8 Å². The third-order valence-corrected chi connectivity index (χ3v) is 8.37. The van der Waals surface area contributed by atoms with Gasteiger partial charge in [0.2, 0.25) is 0 Å². The van der Waals surface area contributed by atoms with Crippen molar-refractivity contribution in [2.45, 2.75) is 36.2 Å². The fourth-order valence-corrected chi connectivity index (χ4v) is 6.41. The molecule has 0 amide bonds. The molecule has 0 aliphatic carbocycles. The zero-order valence-corrected chi connectivity index (χ0v) is 19.4. The number of nitriles is 1. The van der Waals surface area contributed by atoms with E-state index >= 15 is 0 Å². The molecule has 0 bridgehead atoms. The molecule has 12 nitrogen and oxygen atoms in total. The summed E-state index contributed by atoms with van der Waals surface area (Å²) in [6, 6.07) is 8.80. The Balaban J connectivity index is 1.55. The van der Waals surface area contributed by atoms with Gasteiger partial charge in [0.1, 0.15) is 11.9 Å². The van der Waals surface area contributed by atoms with Crippen molar-refractivity contribution in [2.24, 2.45) is 0 Å². The summed E-state index contributed by atoms with van der Waals surface area (Å²) in [6.45, 7) is 0.454. The molecule has 2 aromatic heterocycles. The van der Waals surface area contributed by atoms with Gasteiger partial charge in [-0.15, -0.1) is 10.8 Å². The lowest BCUT2D eigenvalue weighted by molar-refractivity contribution is -0.137. The van der Waals surface area contributed by atoms with E-state index in [2.05, 4.69) is 16.4 Å². The zero-order chi connectivity index (χ0) is 24.8. The summed E-state index contributed by atoms with van der Waals surface area (Å²) >= 11 is 0. The minimum atomic E-state index is -3.39. The number of fused-ring (bicyclic) bond motifs is 2. The van der Waals surface area contributed by atoms with E-state index in [-0.39, 0.29) is 29.2 Å². The zero-order valence-electron chi connectivity index (χ0n) is 18.6. The van der Waals surface area contributed by atoms with Gasteiger partial charge in [0.25, 0.3) is 5.56 Å². The van der Waals surface area contributed by atoms with Gasteiger partial charge in [-0.25, -0.2) is 0 Å². The minimum absolute atomic E-state index is 0.0534. The van der Waals surface area contributed by atoms with Gasteiger partial charge in [-0.05, 0) is 42.7 Å². The molecule has 0 saturated carbocycles. The van der Waals surface area contributed by atoms with Crippen molar-refractivity contribution < 1.29 is 23.7 Å². The van der Waals surface area contributed by atoms with Gasteiger partial charge in [-0.3, -0.25) is 23.4 Å². The highest BCUT2D eigenvalue weighted by atomic mass is 32.3. The van der Waals surface area contributed by atoms with Gasteiger partial charge in [0.15, 0.2) is 5.82 Å². The van der Waals surface area contributed by atoms with Crippen molar-refractivity contribution in [3.63, 3.8) is 0 Å². The third kappa shape index (κ3) is 3.95. The van der Waals surface area contributed by atoms with Crippen LogP contribution < -0.4 is 10.9 Å². The Morgan fingerprint density at radius 3 is 2.91 bits per heavy atom. The van der Waals surface area contributed by atoms with E-state index in [1.807, 2.05) is 0 Å². The third-order valence-electron chi connectivity index (χ3n) is 6.40. The number of H-pyrrole nitrogens is 1. The number of nitrogens with one attached hydrogen (secondary N) is 2. The standard InChI is InChI=1S/C22H24N6O6S/c23-7-6-22(5-1-9-34-13-22)28-16-4-8-24-21(31)19(16)20(26-28)25-15-2-3-17-14(10-15)11-27(12-18(29)30)35(17,32)33/h2-4,8,10,32-33H,1,5-6,9,11-13H2,(H,24,31)(H,25,26)(H,29,30). The largest absolute Gasteiger partial charge is 0.480 e. The van der Waals surface area contributed by atoms with Crippen LogP contribution in [-0.4, -0.2) is 59.0 Å². The number of carboxylic acids is 1. The first-order valence-electron chi connectivity index (χ1n) is 11.0. The predicted molar refractivity (Wildman–Crippen MR) is 127 cm³/mol. The SMILES string of the molecule is N#CCC1(n2nc(Nc3ccc4c(c3)CN(CC(=O)O)S4(O)O)c3c(=O)[nH]ccc32)CCCOC1. The average Bonchev–Trinajstić information content (AvgIpc) is 3.30. The van der Waals surface area contributed by atoms with E-state index in [1.54, 1.807) is 22.9 Å². The van der Waals surface area contributed by atoms with Crippen LogP contribution in [0.25, 0.3) is 10.9 Å². The van der Waals surface area contributed by atoms with Crippen LogP contribution in [0.3, 0.4) is 0 Å². The number of carboxylic acid groups (broad SMARTS) is 1. The highest BCUT2D eigenvalue weighted by Gasteiger charge is 2.39. The van der Waals surface area contributed by atoms with E-state index in [0.717, 1.165) is 10.7 Å². The molecule has 4 heterocycles. The summed E-state index contributed by atoms with van der Waals surface area (Å²) in [7, 11) is -3.39. The van der Waals surface area contributed by atoms with Crippen LogP contribution in [0, 0.1) is 11.3 Å². The molecule has 1 fully saturated rings. The molecule has 1 aromatic carbocycles. The van der Waals surface area contributed by atoms with E-state index in [9.17, 15) is 24.0 Å². The number of aromatic nitrogens is 3. The van der Waals surface area contributed by atoms with Gasteiger partial charge >= 0.3 is 5.97 Å². The topological polar surface area (TPSA) is 177 Å². The van der Waals surface area contributed by atoms with Crippen molar-refractivity contribution in [3.8, 4) is 6.07 Å².